The Morgan fingerprint density at radius 2 is 1.92 bits per heavy atom. The van der Waals surface area contributed by atoms with Crippen LogP contribution in [0, 0.1) is 0 Å². The third kappa shape index (κ3) is 5.19. The highest BCUT2D eigenvalue weighted by Crippen LogP contribution is 2.20. The number of carbonyl (C=O) groups excluding carboxylic acids is 1. The molecule has 0 aliphatic rings. The second kappa shape index (κ2) is 8.83. The number of ether oxygens (including phenoxy) is 1. The summed E-state index contributed by atoms with van der Waals surface area (Å²) >= 11 is 6.06. The maximum Gasteiger partial charge on any atom is 0.244 e. The van der Waals surface area contributed by atoms with Crippen molar-refractivity contribution in [3.63, 3.8) is 0 Å². The van der Waals surface area contributed by atoms with Crippen LogP contribution >= 0.6 is 11.6 Å². The second-order valence-corrected chi connectivity index (χ2v) is 5.90. The Morgan fingerprint density at radius 1 is 1.08 bits per heavy atom. The molecule has 0 spiro atoms. The van der Waals surface area contributed by atoms with Gasteiger partial charge in [-0.1, -0.05) is 48.0 Å². The van der Waals surface area contributed by atoms with E-state index in [2.05, 4.69) is 10.3 Å². The minimum absolute atomic E-state index is 0.194. The van der Waals surface area contributed by atoms with Crippen molar-refractivity contribution in [1.29, 1.82) is 0 Å². The third-order valence-electron chi connectivity index (χ3n) is 3.54. The van der Waals surface area contributed by atoms with E-state index in [-0.39, 0.29) is 5.91 Å². The van der Waals surface area contributed by atoms with Crippen molar-refractivity contribution in [3.05, 3.63) is 95.2 Å². The van der Waals surface area contributed by atoms with Gasteiger partial charge < -0.3 is 10.1 Å². The van der Waals surface area contributed by atoms with Crippen LogP contribution < -0.4 is 10.1 Å². The van der Waals surface area contributed by atoms with Gasteiger partial charge in [0.05, 0.1) is 0 Å². The van der Waals surface area contributed by atoms with E-state index in [1.54, 1.807) is 24.4 Å². The van der Waals surface area contributed by atoms with Gasteiger partial charge >= 0.3 is 0 Å². The molecule has 0 aliphatic carbocycles. The van der Waals surface area contributed by atoms with Crippen LogP contribution in [0.15, 0.2) is 79.0 Å². The van der Waals surface area contributed by atoms with Crippen molar-refractivity contribution < 1.29 is 9.53 Å². The quantitative estimate of drug-likeness (QED) is 0.635. The molecule has 0 aliphatic heterocycles. The molecule has 0 radical (unpaired) electrons. The molecule has 0 atom stereocenters. The Hall–Kier alpha value is -3.11. The van der Waals surface area contributed by atoms with Gasteiger partial charge in [0.15, 0.2) is 0 Å². The summed E-state index contributed by atoms with van der Waals surface area (Å²) in [6.07, 6.45) is 4.83. The number of nitrogens with zero attached hydrogens (tertiary/aromatic N) is 1. The zero-order chi connectivity index (χ0) is 18.2. The lowest BCUT2D eigenvalue weighted by Crippen LogP contribution is -2.20. The fraction of sp³-hybridized carbons (Fsp3) is 0.0476. The first kappa shape index (κ1) is 17.7. The number of carbonyl (C=O) groups is 1. The number of halogens is 1. The first-order valence-electron chi connectivity index (χ1n) is 8.09. The molecule has 0 saturated heterocycles. The monoisotopic (exact) mass is 364 g/mol. The van der Waals surface area contributed by atoms with Crippen molar-refractivity contribution in [2.45, 2.75) is 6.54 Å². The molecule has 4 nitrogen and oxygen atoms in total. The van der Waals surface area contributed by atoms with Crippen molar-refractivity contribution in [3.8, 4) is 11.6 Å². The predicted octanol–water partition coefficient (Wildman–Crippen LogP) is 4.86. The van der Waals surface area contributed by atoms with E-state index in [0.29, 0.717) is 23.2 Å². The summed E-state index contributed by atoms with van der Waals surface area (Å²) in [5.41, 5.74) is 1.73. The summed E-state index contributed by atoms with van der Waals surface area (Å²) in [5.74, 6) is 0.999. The Labute approximate surface area is 157 Å². The van der Waals surface area contributed by atoms with Crippen LogP contribution in [0.2, 0.25) is 5.02 Å². The molecule has 0 saturated carbocycles. The zero-order valence-corrected chi connectivity index (χ0v) is 14.7. The predicted molar refractivity (Wildman–Crippen MR) is 103 cm³/mol. The number of amides is 1. The Balaban J connectivity index is 1.57. The van der Waals surface area contributed by atoms with Gasteiger partial charge in [-0.25, -0.2) is 4.98 Å². The molecule has 2 aromatic carbocycles. The van der Waals surface area contributed by atoms with E-state index in [9.17, 15) is 4.79 Å². The van der Waals surface area contributed by atoms with Crippen LogP contribution in [0.4, 0.5) is 0 Å². The number of aromatic nitrogens is 1. The number of hydrogen-bond donors (Lipinski definition) is 1. The summed E-state index contributed by atoms with van der Waals surface area (Å²) in [7, 11) is 0. The van der Waals surface area contributed by atoms with Crippen molar-refractivity contribution in [1.82, 2.24) is 10.3 Å². The minimum Gasteiger partial charge on any atom is -0.439 e. The van der Waals surface area contributed by atoms with Crippen molar-refractivity contribution in [2.24, 2.45) is 0 Å². The van der Waals surface area contributed by atoms with Crippen LogP contribution in [0.5, 0.6) is 11.6 Å². The highest BCUT2D eigenvalue weighted by molar-refractivity contribution is 6.32. The zero-order valence-electron chi connectivity index (χ0n) is 13.9. The van der Waals surface area contributed by atoms with Gasteiger partial charge in [0.2, 0.25) is 11.8 Å². The van der Waals surface area contributed by atoms with Crippen LogP contribution in [-0.4, -0.2) is 10.9 Å². The molecule has 5 heteroatoms. The van der Waals surface area contributed by atoms with E-state index in [1.807, 2.05) is 54.6 Å². The van der Waals surface area contributed by atoms with Gasteiger partial charge in [0, 0.05) is 29.9 Å². The smallest absolute Gasteiger partial charge is 0.244 e. The molecule has 3 aromatic rings. The third-order valence-corrected chi connectivity index (χ3v) is 3.89. The van der Waals surface area contributed by atoms with Crippen molar-refractivity contribution >= 4 is 23.6 Å². The van der Waals surface area contributed by atoms with Crippen LogP contribution in [0.25, 0.3) is 6.08 Å². The largest absolute Gasteiger partial charge is 0.439 e. The number of benzene rings is 2. The van der Waals surface area contributed by atoms with Gasteiger partial charge in [-0.3, -0.25) is 4.79 Å². The van der Waals surface area contributed by atoms with E-state index in [0.717, 1.165) is 11.1 Å². The Bertz CT molecular complexity index is 911. The highest BCUT2D eigenvalue weighted by Gasteiger charge is 2.02. The van der Waals surface area contributed by atoms with Gasteiger partial charge in [-0.2, -0.15) is 0 Å². The number of nitrogens with one attached hydrogen (secondary N) is 1. The molecule has 0 fully saturated rings. The standard InChI is InChI=1S/C21H17ClN2O2/c22-19-9-2-1-7-17(19)11-12-20(25)24-15-16-6-5-8-18(14-16)26-21-10-3-4-13-23-21/h1-14H,15H2,(H,24,25)/b12-11+. The molecular weight excluding hydrogens is 348 g/mol. The molecule has 0 bridgehead atoms. The molecule has 1 heterocycles. The first-order valence-corrected chi connectivity index (χ1v) is 8.47. The topological polar surface area (TPSA) is 51.2 Å². The van der Waals surface area contributed by atoms with Gasteiger partial charge in [-0.15, -0.1) is 0 Å². The van der Waals surface area contributed by atoms with Gasteiger partial charge in [-0.05, 0) is 41.5 Å². The maximum absolute atomic E-state index is 12.0. The average molecular weight is 365 g/mol. The molecule has 0 unspecified atom stereocenters. The average Bonchev–Trinajstić information content (AvgIpc) is 2.67. The summed E-state index contributed by atoms with van der Waals surface area (Å²) in [6, 6.07) is 20.3. The highest BCUT2D eigenvalue weighted by atomic mass is 35.5. The SMILES string of the molecule is O=C(/C=C/c1ccccc1Cl)NCc1cccc(Oc2ccccn2)c1. The maximum atomic E-state index is 12.0. The van der Waals surface area contributed by atoms with Crippen LogP contribution in [0.1, 0.15) is 11.1 Å². The molecular formula is C21H17ClN2O2. The summed E-state index contributed by atoms with van der Waals surface area (Å²) < 4.78 is 5.69. The number of hydrogen-bond acceptors (Lipinski definition) is 3. The lowest BCUT2D eigenvalue weighted by molar-refractivity contribution is -0.116. The first-order chi connectivity index (χ1) is 12.7. The van der Waals surface area contributed by atoms with E-state index in [4.69, 9.17) is 16.3 Å². The summed E-state index contributed by atoms with van der Waals surface area (Å²) in [6.45, 7) is 0.394. The Kier molecular flexibility index (Phi) is 6.01. The Morgan fingerprint density at radius 3 is 2.73 bits per heavy atom. The second-order valence-electron chi connectivity index (χ2n) is 5.49. The molecule has 1 aromatic heterocycles. The molecule has 3 rings (SSSR count). The van der Waals surface area contributed by atoms with Gasteiger partial charge in [0.25, 0.3) is 0 Å². The fourth-order valence-electron chi connectivity index (χ4n) is 2.27. The summed E-state index contributed by atoms with van der Waals surface area (Å²) in [5, 5.41) is 3.45. The van der Waals surface area contributed by atoms with Crippen LogP contribution in [0.3, 0.4) is 0 Å². The minimum atomic E-state index is -0.194. The number of rotatable bonds is 6. The van der Waals surface area contributed by atoms with Crippen molar-refractivity contribution in [2.75, 3.05) is 0 Å². The van der Waals surface area contributed by atoms with E-state index in [1.165, 1.54) is 6.08 Å². The lowest BCUT2D eigenvalue weighted by Gasteiger charge is -2.07. The normalized spacial score (nSPS) is 10.7. The van der Waals surface area contributed by atoms with E-state index < -0.39 is 0 Å². The summed E-state index contributed by atoms with van der Waals surface area (Å²) in [4.78, 5) is 16.1. The fourth-order valence-corrected chi connectivity index (χ4v) is 2.47. The van der Waals surface area contributed by atoms with Gasteiger partial charge in [0.1, 0.15) is 5.75 Å². The molecule has 1 N–H and O–H groups in total. The molecule has 26 heavy (non-hydrogen) atoms. The van der Waals surface area contributed by atoms with E-state index >= 15 is 0 Å². The lowest BCUT2D eigenvalue weighted by atomic mass is 10.2. The number of pyridine rings is 1. The van der Waals surface area contributed by atoms with Crippen LogP contribution in [-0.2, 0) is 11.3 Å². The molecule has 1 amide bonds. The molecule has 130 valence electrons.